The molecular formula is C9H6Br2N4O2S. The van der Waals surface area contributed by atoms with Gasteiger partial charge in [0.1, 0.15) is 4.90 Å². The van der Waals surface area contributed by atoms with E-state index in [2.05, 4.69) is 51.8 Å². The molecule has 1 heterocycles. The average Bonchev–Trinajstić information content (AvgIpc) is 2.29. The molecule has 0 saturated carbocycles. The van der Waals surface area contributed by atoms with Crippen LogP contribution in [0.5, 0.6) is 0 Å². The molecule has 0 radical (unpaired) electrons. The zero-order chi connectivity index (χ0) is 13.2. The Morgan fingerprint density at radius 2 is 1.94 bits per heavy atom. The van der Waals surface area contributed by atoms with E-state index in [0.717, 1.165) is 4.47 Å². The third-order valence-corrected chi connectivity index (χ3v) is 4.69. The van der Waals surface area contributed by atoms with E-state index >= 15 is 0 Å². The summed E-state index contributed by atoms with van der Waals surface area (Å²) in [6.07, 6.45) is 2.70. The second-order valence-corrected chi connectivity index (χ2v) is 6.57. The number of rotatable bonds is 3. The fourth-order valence-corrected chi connectivity index (χ4v) is 3.86. The largest absolute Gasteiger partial charge is 0.265 e. The molecule has 1 aromatic carbocycles. The second-order valence-electron chi connectivity index (χ2n) is 3.15. The van der Waals surface area contributed by atoms with Gasteiger partial charge < -0.3 is 0 Å². The van der Waals surface area contributed by atoms with Gasteiger partial charge in [0.15, 0.2) is 0 Å². The first kappa shape index (κ1) is 13.4. The van der Waals surface area contributed by atoms with Crippen molar-refractivity contribution in [2.24, 2.45) is 0 Å². The molecule has 1 aromatic heterocycles. The third kappa shape index (κ3) is 3.03. The van der Waals surface area contributed by atoms with Gasteiger partial charge in [-0.2, -0.15) is 5.10 Å². The molecule has 0 aliphatic rings. The summed E-state index contributed by atoms with van der Waals surface area (Å²) in [6, 6.07) is 4.73. The van der Waals surface area contributed by atoms with Crippen LogP contribution in [0.2, 0.25) is 0 Å². The molecule has 0 fully saturated rings. The highest BCUT2D eigenvalue weighted by Crippen LogP contribution is 2.26. The van der Waals surface area contributed by atoms with Crippen molar-refractivity contribution < 1.29 is 8.42 Å². The number of hydrogen-bond donors (Lipinski definition) is 1. The fourth-order valence-electron chi connectivity index (χ4n) is 1.16. The van der Waals surface area contributed by atoms with E-state index in [1.807, 2.05) is 0 Å². The molecule has 2 rings (SSSR count). The molecule has 0 atom stereocenters. The first-order chi connectivity index (χ1) is 8.49. The molecule has 0 saturated heterocycles. The van der Waals surface area contributed by atoms with Crippen LogP contribution in [0.1, 0.15) is 0 Å². The number of benzene rings is 1. The molecule has 6 nitrogen and oxygen atoms in total. The Balaban J connectivity index is 2.37. The summed E-state index contributed by atoms with van der Waals surface area (Å²) < 4.78 is 27.6. The Labute approximate surface area is 120 Å². The lowest BCUT2D eigenvalue weighted by Gasteiger charge is -2.07. The summed E-state index contributed by atoms with van der Waals surface area (Å²) in [4.78, 5) is 3.84. The van der Waals surface area contributed by atoms with E-state index in [4.69, 9.17) is 0 Å². The van der Waals surface area contributed by atoms with Gasteiger partial charge in [-0.15, -0.1) is 5.10 Å². The molecule has 0 bridgehead atoms. The van der Waals surface area contributed by atoms with Crippen LogP contribution in [0.25, 0.3) is 0 Å². The van der Waals surface area contributed by atoms with E-state index in [-0.39, 0.29) is 10.8 Å². The van der Waals surface area contributed by atoms with Gasteiger partial charge in [0.2, 0.25) is 0 Å². The van der Waals surface area contributed by atoms with Crippen LogP contribution in [-0.2, 0) is 10.0 Å². The number of nitrogens with zero attached hydrogens (tertiary/aromatic N) is 3. The SMILES string of the molecule is O=S(=O)(Nc1nccnn1)c1ccc(Br)cc1Br. The van der Waals surface area contributed by atoms with Crippen molar-refractivity contribution in [3.8, 4) is 0 Å². The van der Waals surface area contributed by atoms with Crippen molar-refractivity contribution in [3.63, 3.8) is 0 Å². The van der Waals surface area contributed by atoms with Gasteiger partial charge in [0.25, 0.3) is 16.0 Å². The molecule has 9 heteroatoms. The van der Waals surface area contributed by atoms with Gasteiger partial charge in [-0.05, 0) is 34.1 Å². The van der Waals surface area contributed by atoms with Crippen LogP contribution in [0.4, 0.5) is 5.95 Å². The highest BCUT2D eigenvalue weighted by molar-refractivity contribution is 9.11. The van der Waals surface area contributed by atoms with Crippen LogP contribution >= 0.6 is 31.9 Å². The normalized spacial score (nSPS) is 11.2. The van der Waals surface area contributed by atoms with E-state index in [0.29, 0.717) is 4.47 Å². The molecule has 0 unspecified atom stereocenters. The molecule has 0 spiro atoms. The maximum Gasteiger partial charge on any atom is 0.265 e. The second kappa shape index (κ2) is 5.29. The Morgan fingerprint density at radius 1 is 1.17 bits per heavy atom. The van der Waals surface area contributed by atoms with Crippen LogP contribution in [-0.4, -0.2) is 23.6 Å². The van der Waals surface area contributed by atoms with Crippen molar-refractivity contribution in [2.75, 3.05) is 4.72 Å². The lowest BCUT2D eigenvalue weighted by atomic mass is 10.4. The van der Waals surface area contributed by atoms with Crippen molar-refractivity contribution in [3.05, 3.63) is 39.5 Å². The van der Waals surface area contributed by atoms with Gasteiger partial charge >= 0.3 is 0 Å². The minimum atomic E-state index is -3.74. The Hall–Kier alpha value is -1.06. The topological polar surface area (TPSA) is 84.8 Å². The van der Waals surface area contributed by atoms with Crippen molar-refractivity contribution in [1.29, 1.82) is 0 Å². The molecule has 94 valence electrons. The molecule has 2 aromatic rings. The van der Waals surface area contributed by atoms with Gasteiger partial charge in [0, 0.05) is 8.95 Å². The summed E-state index contributed by atoms with van der Waals surface area (Å²) in [5.74, 6) is -0.0766. The number of halogens is 2. The third-order valence-electron chi connectivity index (χ3n) is 1.89. The monoisotopic (exact) mass is 392 g/mol. The van der Waals surface area contributed by atoms with E-state index in [1.165, 1.54) is 18.5 Å². The van der Waals surface area contributed by atoms with Crippen molar-refractivity contribution in [2.45, 2.75) is 4.90 Å². The van der Waals surface area contributed by atoms with E-state index in [1.54, 1.807) is 12.1 Å². The lowest BCUT2D eigenvalue weighted by Crippen LogP contribution is -2.15. The first-order valence-corrected chi connectivity index (χ1v) is 7.67. The Bertz CT molecular complexity index is 664. The minimum absolute atomic E-state index is 0.0766. The number of hydrogen-bond acceptors (Lipinski definition) is 5. The number of nitrogens with one attached hydrogen (secondary N) is 1. The Morgan fingerprint density at radius 3 is 2.56 bits per heavy atom. The highest BCUT2D eigenvalue weighted by atomic mass is 79.9. The van der Waals surface area contributed by atoms with Crippen molar-refractivity contribution in [1.82, 2.24) is 15.2 Å². The molecule has 18 heavy (non-hydrogen) atoms. The summed E-state index contributed by atoms with van der Waals surface area (Å²) in [7, 11) is -3.74. The van der Waals surface area contributed by atoms with Crippen molar-refractivity contribution >= 4 is 47.8 Å². The fraction of sp³-hybridized carbons (Fsp3) is 0. The van der Waals surface area contributed by atoms with Crippen LogP contribution in [0, 0.1) is 0 Å². The number of aromatic nitrogens is 3. The average molecular weight is 394 g/mol. The van der Waals surface area contributed by atoms with Crippen LogP contribution in [0.3, 0.4) is 0 Å². The molecule has 1 N–H and O–H groups in total. The smallest absolute Gasteiger partial charge is 0.246 e. The molecule has 0 aliphatic carbocycles. The predicted molar refractivity (Wildman–Crippen MR) is 72.5 cm³/mol. The van der Waals surface area contributed by atoms with Gasteiger partial charge in [-0.3, -0.25) is 0 Å². The summed E-state index contributed by atoms with van der Waals surface area (Å²) in [5, 5.41) is 7.10. The zero-order valence-electron chi connectivity index (χ0n) is 8.71. The number of anilines is 1. The van der Waals surface area contributed by atoms with Gasteiger partial charge in [-0.25, -0.2) is 18.1 Å². The lowest BCUT2D eigenvalue weighted by molar-refractivity contribution is 0.600. The summed E-state index contributed by atoms with van der Waals surface area (Å²) in [5.41, 5.74) is 0. The van der Waals surface area contributed by atoms with Crippen LogP contribution in [0.15, 0.2) is 44.4 Å². The minimum Gasteiger partial charge on any atom is -0.246 e. The van der Waals surface area contributed by atoms with Crippen LogP contribution < -0.4 is 4.72 Å². The zero-order valence-corrected chi connectivity index (χ0v) is 12.7. The maximum absolute atomic E-state index is 12.1. The summed E-state index contributed by atoms with van der Waals surface area (Å²) >= 11 is 6.44. The maximum atomic E-state index is 12.1. The van der Waals surface area contributed by atoms with Gasteiger partial charge in [-0.1, -0.05) is 15.9 Å². The summed E-state index contributed by atoms with van der Waals surface area (Å²) in [6.45, 7) is 0. The molecule has 0 amide bonds. The number of sulfonamides is 1. The van der Waals surface area contributed by atoms with E-state index in [9.17, 15) is 8.42 Å². The quantitative estimate of drug-likeness (QED) is 0.863. The van der Waals surface area contributed by atoms with E-state index < -0.39 is 10.0 Å². The standard InChI is InChI=1S/C9H6Br2N4O2S/c10-6-1-2-8(7(11)5-6)18(16,17)15-9-12-3-4-13-14-9/h1-5H,(H,12,14,15). The van der Waals surface area contributed by atoms with Gasteiger partial charge in [0.05, 0.1) is 12.4 Å². The highest BCUT2D eigenvalue weighted by Gasteiger charge is 2.19. The molecular weight excluding hydrogens is 388 g/mol. The predicted octanol–water partition coefficient (Wildman–Crippen LogP) is 2.20. The first-order valence-electron chi connectivity index (χ1n) is 4.60. The molecule has 0 aliphatic heterocycles. The Kier molecular flexibility index (Phi) is 3.93.